The third-order valence-corrected chi connectivity index (χ3v) is 4.61. The zero-order valence-corrected chi connectivity index (χ0v) is 14.5. The topological polar surface area (TPSA) is 38.3 Å². The second-order valence-corrected chi connectivity index (χ2v) is 6.63. The van der Waals surface area contributed by atoms with Crippen LogP contribution in [0.4, 0.5) is 0 Å². The van der Waals surface area contributed by atoms with Crippen molar-refractivity contribution in [2.75, 3.05) is 6.61 Å². The summed E-state index contributed by atoms with van der Waals surface area (Å²) in [5, 5.41) is 3.02. The maximum absolute atomic E-state index is 12.1. The Balaban J connectivity index is 1.56. The van der Waals surface area contributed by atoms with Gasteiger partial charge in [0.05, 0.1) is 6.04 Å². The number of rotatable bonds is 5. The van der Waals surface area contributed by atoms with Crippen molar-refractivity contribution >= 4 is 5.91 Å². The van der Waals surface area contributed by atoms with Gasteiger partial charge in [0.15, 0.2) is 6.61 Å². The molecule has 1 aliphatic carbocycles. The number of amides is 1. The number of nitrogens with one attached hydrogen (secondary N) is 1. The minimum absolute atomic E-state index is 0.00849. The molecule has 0 bridgehead atoms. The fraction of sp³-hybridized carbons (Fsp3) is 0.381. The standard InChI is InChI=1S/C21H25NO2/c1-15-6-5-9-20(12-15)24-14-21(23)22-16(2)18-11-10-17-7-3-4-8-19(17)13-18/h5-6,9-13,16H,3-4,7-8,14H2,1-2H3,(H,22,23)/t16-/m1/s1. The van der Waals surface area contributed by atoms with Crippen LogP contribution in [0, 0.1) is 6.92 Å². The van der Waals surface area contributed by atoms with E-state index in [0.717, 1.165) is 17.7 Å². The molecule has 2 aromatic rings. The molecule has 0 spiro atoms. The highest BCUT2D eigenvalue weighted by Crippen LogP contribution is 2.24. The molecule has 0 heterocycles. The zero-order chi connectivity index (χ0) is 16.9. The van der Waals surface area contributed by atoms with Crippen LogP contribution in [0.3, 0.4) is 0 Å². The maximum Gasteiger partial charge on any atom is 0.258 e. The summed E-state index contributed by atoms with van der Waals surface area (Å²) in [5.41, 5.74) is 5.19. The summed E-state index contributed by atoms with van der Waals surface area (Å²) in [6.45, 7) is 4.07. The van der Waals surface area contributed by atoms with Gasteiger partial charge in [-0.1, -0.05) is 30.3 Å². The van der Waals surface area contributed by atoms with Gasteiger partial charge in [0, 0.05) is 0 Å². The van der Waals surface area contributed by atoms with Crippen LogP contribution in [0.25, 0.3) is 0 Å². The van der Waals surface area contributed by atoms with Gasteiger partial charge in [-0.3, -0.25) is 4.79 Å². The van der Waals surface area contributed by atoms with E-state index in [1.54, 1.807) is 0 Å². The number of benzene rings is 2. The van der Waals surface area contributed by atoms with Gasteiger partial charge in [-0.2, -0.15) is 0 Å². The third kappa shape index (κ3) is 4.16. The van der Waals surface area contributed by atoms with Crippen LogP contribution in [0.2, 0.25) is 0 Å². The fourth-order valence-electron chi connectivity index (χ4n) is 3.24. The Morgan fingerprint density at radius 3 is 2.71 bits per heavy atom. The average molecular weight is 323 g/mol. The molecule has 0 aliphatic heterocycles. The molecular weight excluding hydrogens is 298 g/mol. The van der Waals surface area contributed by atoms with Gasteiger partial charge < -0.3 is 10.1 Å². The maximum atomic E-state index is 12.1. The first kappa shape index (κ1) is 16.6. The Labute approximate surface area is 144 Å². The molecule has 0 fully saturated rings. The molecule has 24 heavy (non-hydrogen) atoms. The van der Waals surface area contributed by atoms with Crippen molar-refractivity contribution in [2.45, 2.75) is 45.6 Å². The van der Waals surface area contributed by atoms with Gasteiger partial charge in [0.25, 0.3) is 5.91 Å². The summed E-state index contributed by atoms with van der Waals surface area (Å²) in [5.74, 6) is 0.633. The first-order chi connectivity index (χ1) is 11.6. The molecule has 0 saturated heterocycles. The van der Waals surface area contributed by atoms with Crippen molar-refractivity contribution in [3.8, 4) is 5.75 Å². The number of hydrogen-bond acceptors (Lipinski definition) is 2. The van der Waals surface area contributed by atoms with Crippen LogP contribution in [0.1, 0.15) is 48.1 Å². The zero-order valence-electron chi connectivity index (χ0n) is 14.5. The van der Waals surface area contributed by atoms with Crippen LogP contribution in [-0.4, -0.2) is 12.5 Å². The minimum atomic E-state index is -0.0956. The van der Waals surface area contributed by atoms with Crippen LogP contribution < -0.4 is 10.1 Å². The number of hydrogen-bond donors (Lipinski definition) is 1. The number of ether oxygens (including phenoxy) is 1. The van der Waals surface area contributed by atoms with E-state index in [4.69, 9.17) is 4.74 Å². The number of aryl methyl sites for hydroxylation is 3. The second kappa shape index (κ2) is 7.52. The lowest BCUT2D eigenvalue weighted by Crippen LogP contribution is -2.31. The third-order valence-electron chi connectivity index (χ3n) is 4.61. The molecular formula is C21H25NO2. The molecule has 0 radical (unpaired) electrons. The van der Waals surface area contributed by atoms with Crippen molar-refractivity contribution < 1.29 is 9.53 Å². The Bertz CT molecular complexity index is 724. The van der Waals surface area contributed by atoms with Crippen LogP contribution >= 0.6 is 0 Å². The summed E-state index contributed by atoms with van der Waals surface area (Å²) < 4.78 is 5.56. The van der Waals surface area contributed by atoms with Gasteiger partial charge in [-0.25, -0.2) is 0 Å². The summed E-state index contributed by atoms with van der Waals surface area (Å²) in [7, 11) is 0. The predicted octanol–water partition coefficient (Wildman–Crippen LogP) is 4.13. The molecule has 1 amide bonds. The largest absolute Gasteiger partial charge is 0.484 e. The summed E-state index contributed by atoms with van der Waals surface area (Å²) in [6, 6.07) is 14.3. The highest BCUT2D eigenvalue weighted by Gasteiger charge is 2.14. The van der Waals surface area contributed by atoms with Crippen molar-refractivity contribution in [3.05, 3.63) is 64.7 Å². The van der Waals surface area contributed by atoms with Crippen LogP contribution in [0.15, 0.2) is 42.5 Å². The SMILES string of the molecule is Cc1cccc(OCC(=O)N[C@H](C)c2ccc3c(c2)CCCC3)c1. The van der Waals surface area contributed by atoms with Gasteiger partial charge >= 0.3 is 0 Å². The molecule has 0 aromatic heterocycles. The molecule has 0 saturated carbocycles. The van der Waals surface area contributed by atoms with Crippen LogP contribution in [-0.2, 0) is 17.6 Å². The summed E-state index contributed by atoms with van der Waals surface area (Å²) in [6.07, 6.45) is 4.89. The van der Waals surface area contributed by atoms with Crippen molar-refractivity contribution in [3.63, 3.8) is 0 Å². The fourth-order valence-corrected chi connectivity index (χ4v) is 3.24. The molecule has 3 heteroatoms. The van der Waals surface area contributed by atoms with Crippen molar-refractivity contribution in [1.82, 2.24) is 5.32 Å². The Hall–Kier alpha value is -2.29. The molecule has 1 aliphatic rings. The highest BCUT2D eigenvalue weighted by molar-refractivity contribution is 5.78. The molecule has 0 unspecified atom stereocenters. The molecule has 1 N–H and O–H groups in total. The molecule has 1 atom stereocenters. The Morgan fingerprint density at radius 1 is 1.12 bits per heavy atom. The lowest BCUT2D eigenvalue weighted by atomic mass is 9.89. The Kier molecular flexibility index (Phi) is 5.19. The quantitative estimate of drug-likeness (QED) is 0.898. The van der Waals surface area contributed by atoms with E-state index in [1.165, 1.54) is 36.0 Å². The van der Waals surface area contributed by atoms with Crippen molar-refractivity contribution in [2.24, 2.45) is 0 Å². The number of carbonyl (C=O) groups excluding carboxylic acids is 1. The summed E-state index contributed by atoms with van der Waals surface area (Å²) in [4.78, 5) is 12.1. The average Bonchev–Trinajstić information content (AvgIpc) is 2.59. The van der Waals surface area contributed by atoms with Gasteiger partial charge in [0.1, 0.15) is 5.75 Å². The molecule has 3 nitrogen and oxygen atoms in total. The van der Waals surface area contributed by atoms with E-state index in [2.05, 4.69) is 23.5 Å². The van der Waals surface area contributed by atoms with E-state index in [-0.39, 0.29) is 18.6 Å². The normalized spacial score (nSPS) is 14.6. The van der Waals surface area contributed by atoms with Gasteiger partial charge in [-0.05, 0) is 73.9 Å². The van der Waals surface area contributed by atoms with E-state index >= 15 is 0 Å². The van der Waals surface area contributed by atoms with Crippen molar-refractivity contribution in [1.29, 1.82) is 0 Å². The first-order valence-electron chi connectivity index (χ1n) is 8.72. The van der Waals surface area contributed by atoms with Gasteiger partial charge in [-0.15, -0.1) is 0 Å². The molecule has 3 rings (SSSR count). The lowest BCUT2D eigenvalue weighted by Gasteiger charge is -2.20. The number of carbonyl (C=O) groups is 1. The monoisotopic (exact) mass is 323 g/mol. The minimum Gasteiger partial charge on any atom is -0.484 e. The van der Waals surface area contributed by atoms with Gasteiger partial charge in [0.2, 0.25) is 0 Å². The first-order valence-corrected chi connectivity index (χ1v) is 8.72. The predicted molar refractivity (Wildman–Crippen MR) is 96.3 cm³/mol. The molecule has 126 valence electrons. The van der Waals surface area contributed by atoms with Crippen LogP contribution in [0.5, 0.6) is 5.75 Å². The van der Waals surface area contributed by atoms with E-state index in [1.807, 2.05) is 38.1 Å². The smallest absolute Gasteiger partial charge is 0.258 e. The van der Waals surface area contributed by atoms with E-state index < -0.39 is 0 Å². The number of fused-ring (bicyclic) bond motifs is 1. The Morgan fingerprint density at radius 2 is 1.92 bits per heavy atom. The van der Waals surface area contributed by atoms with E-state index in [9.17, 15) is 4.79 Å². The lowest BCUT2D eigenvalue weighted by molar-refractivity contribution is -0.123. The highest BCUT2D eigenvalue weighted by atomic mass is 16.5. The second-order valence-electron chi connectivity index (χ2n) is 6.63. The summed E-state index contributed by atoms with van der Waals surface area (Å²) >= 11 is 0. The van der Waals surface area contributed by atoms with E-state index in [0.29, 0.717) is 0 Å². The molecule has 2 aromatic carbocycles.